The van der Waals surface area contributed by atoms with Crippen molar-refractivity contribution in [1.29, 1.82) is 0 Å². The van der Waals surface area contributed by atoms with Crippen molar-refractivity contribution in [2.24, 2.45) is 50.2 Å². The number of fused-ring (bicyclic) bond motifs is 4. The summed E-state index contributed by atoms with van der Waals surface area (Å²) in [5, 5.41) is 28.2. The Balaban J connectivity index is 0.000000127. The number of likely N-dealkylation sites (tertiary alicyclic amines) is 1. The van der Waals surface area contributed by atoms with Gasteiger partial charge in [0.05, 0.1) is 11.2 Å². The van der Waals surface area contributed by atoms with Crippen molar-refractivity contribution in [3.8, 4) is 11.5 Å². The standard InChI is InChI=1S/C30H41NO2.C26H35NO2.CH4/c1-17-7-10-19-13-29-16-30-21(19)22(17)33-24(30)26(5)11-12-28(30,23(29)31(29)15-18-8-9-18)14-20(26)27(6,32)25(2,3)4;1-14-7-8-15-11-25-13-26-17(15)18(14)29-20(26)22(5)9-10-24(26,19(25)27-25)12-16(22)23(6,28)21(2,3)4;/h7,10,18,20,23-24,32H,8-9,11-16H2,1-6H3;7-8,16,19-20,27-28H,9-13H2,1-6H3;1H4/t20?,23-,24?,26?,27?,28?,29+,30-,31?;16?,19-,20?,22?,23?,24?,25+,26-;/m00./s1. The Morgan fingerprint density at radius 2 is 1.17 bits per heavy atom. The highest BCUT2D eigenvalue weighted by molar-refractivity contribution is 5.67. The molecule has 63 heavy (non-hydrogen) atoms. The highest BCUT2D eigenvalue weighted by Crippen LogP contribution is 2.88. The van der Waals surface area contributed by atoms with Gasteiger partial charge in [0.1, 0.15) is 23.7 Å². The van der Waals surface area contributed by atoms with Crippen LogP contribution in [0.5, 0.6) is 11.5 Å². The molecule has 0 amide bonds. The van der Waals surface area contributed by atoms with Gasteiger partial charge in [-0.3, -0.25) is 4.90 Å². The van der Waals surface area contributed by atoms with Crippen molar-refractivity contribution in [2.45, 2.75) is 225 Å². The lowest BCUT2D eigenvalue weighted by Crippen LogP contribution is -2.73. The summed E-state index contributed by atoms with van der Waals surface area (Å²) in [7, 11) is 0. The fourth-order valence-electron chi connectivity index (χ4n) is 20.3. The van der Waals surface area contributed by atoms with Crippen LogP contribution in [0.4, 0.5) is 0 Å². The third-order valence-corrected chi connectivity index (χ3v) is 24.1. The molecule has 11 fully saturated rings. The van der Waals surface area contributed by atoms with E-state index in [9.17, 15) is 10.2 Å². The van der Waals surface area contributed by atoms with E-state index in [4.69, 9.17) is 9.47 Å². The topological polar surface area (TPSA) is 83.9 Å². The van der Waals surface area contributed by atoms with Gasteiger partial charge in [-0.05, 0) is 156 Å². The Labute approximate surface area is 379 Å². The average Bonchev–Trinajstić information content (AvgIpc) is 4.12. The molecule has 17 rings (SSSR count). The molecule has 4 heterocycles. The Morgan fingerprint density at radius 3 is 1.70 bits per heavy atom. The summed E-state index contributed by atoms with van der Waals surface area (Å²) in [5.74, 6) is 3.91. The zero-order valence-electron chi connectivity index (χ0n) is 40.2. The summed E-state index contributed by atoms with van der Waals surface area (Å²) in [6.45, 7) is 28.4. The number of hydrogen-bond donors (Lipinski definition) is 3. The highest BCUT2D eigenvalue weighted by atomic mass is 16.5. The fourth-order valence-corrected chi connectivity index (χ4v) is 20.3. The van der Waals surface area contributed by atoms with E-state index in [0.717, 1.165) is 18.8 Å². The smallest absolute Gasteiger partial charge is 0.126 e. The van der Waals surface area contributed by atoms with Gasteiger partial charge in [0.15, 0.2) is 0 Å². The first-order valence-electron chi connectivity index (χ1n) is 25.4. The molecule has 0 aromatic heterocycles. The first kappa shape index (κ1) is 41.1. The summed E-state index contributed by atoms with van der Waals surface area (Å²) >= 11 is 0. The van der Waals surface area contributed by atoms with Gasteiger partial charge in [-0.25, -0.2) is 0 Å². The van der Waals surface area contributed by atoms with Crippen molar-refractivity contribution in [3.05, 3.63) is 57.6 Å². The summed E-state index contributed by atoms with van der Waals surface area (Å²) in [6.07, 6.45) is 15.5. The number of ether oxygens (including phenoxy) is 2. The largest absolute Gasteiger partial charge is 0.488 e. The molecular formula is C57H80N2O4. The molecule has 2 saturated heterocycles. The van der Waals surface area contributed by atoms with E-state index in [0.29, 0.717) is 23.2 Å². The maximum absolute atomic E-state index is 12.2. The molecule has 4 aliphatic heterocycles. The van der Waals surface area contributed by atoms with E-state index in [1.807, 2.05) is 0 Å². The Morgan fingerprint density at radius 1 is 0.683 bits per heavy atom. The van der Waals surface area contributed by atoms with Gasteiger partial charge in [0, 0.05) is 73.3 Å². The zero-order valence-corrected chi connectivity index (χ0v) is 40.2. The number of aryl methyl sites for hydroxylation is 2. The Bertz CT molecular complexity index is 2440. The SMILES string of the molecule is C.Cc1ccc2c3c1OC1C4(C)CCC5(CC4C(C)(O)C(C)(C)C)[C@@H]4N(CC6CC6)[C@]4(C2)C[C@]315.Cc1ccc2c3c1OC1C4(C)CCC5(CC4C(C)(O)C(C)(C)C)[C@@H]4N[C@]4(C2)C[C@]315. The number of benzene rings is 2. The van der Waals surface area contributed by atoms with Gasteiger partial charge in [0.2, 0.25) is 0 Å². The van der Waals surface area contributed by atoms with Gasteiger partial charge in [0.25, 0.3) is 0 Å². The molecule has 0 radical (unpaired) electrons. The number of rotatable bonds is 4. The van der Waals surface area contributed by atoms with Crippen LogP contribution in [0.25, 0.3) is 0 Å². The van der Waals surface area contributed by atoms with Crippen LogP contribution in [0.15, 0.2) is 24.3 Å². The minimum absolute atomic E-state index is 0. The lowest BCUT2D eigenvalue weighted by molar-refractivity contribution is -0.246. The van der Waals surface area contributed by atoms with Gasteiger partial charge in [-0.1, -0.05) is 87.1 Å². The molecule has 11 unspecified atom stereocenters. The third-order valence-electron chi connectivity index (χ3n) is 24.1. The maximum atomic E-state index is 12.2. The Hall–Kier alpha value is -2.12. The number of nitrogens with one attached hydrogen (secondary N) is 1. The molecule has 11 aliphatic carbocycles. The van der Waals surface area contributed by atoms with Crippen molar-refractivity contribution >= 4 is 0 Å². The second kappa shape index (κ2) is 10.9. The quantitative estimate of drug-likeness (QED) is 0.266. The van der Waals surface area contributed by atoms with Crippen LogP contribution in [-0.4, -0.2) is 68.2 Å². The third kappa shape index (κ3) is 4.00. The van der Waals surface area contributed by atoms with E-state index in [2.05, 4.69) is 118 Å². The summed E-state index contributed by atoms with van der Waals surface area (Å²) in [5.41, 5.74) is 8.73. The average molecular weight is 857 g/mol. The first-order valence-corrected chi connectivity index (χ1v) is 25.4. The molecule has 2 aromatic carbocycles. The molecule has 6 heteroatoms. The molecule has 6 nitrogen and oxygen atoms in total. The van der Waals surface area contributed by atoms with Crippen LogP contribution in [0.1, 0.15) is 174 Å². The summed E-state index contributed by atoms with van der Waals surface area (Å²) < 4.78 is 14.2. The number of piperidine rings is 2. The second-order valence-corrected chi connectivity index (χ2v) is 28.1. The number of aliphatic hydroxyl groups is 2. The molecule has 6 spiro atoms. The molecular weight excluding hydrogens is 777 g/mol. The van der Waals surface area contributed by atoms with E-state index < -0.39 is 11.2 Å². The fraction of sp³-hybridized carbons (Fsp3) is 0.789. The van der Waals surface area contributed by atoms with Crippen LogP contribution in [0.3, 0.4) is 0 Å². The van der Waals surface area contributed by atoms with E-state index >= 15 is 0 Å². The van der Waals surface area contributed by atoms with Gasteiger partial charge in [-0.2, -0.15) is 0 Å². The predicted molar refractivity (Wildman–Crippen MR) is 249 cm³/mol. The molecule has 17 atom stereocenters. The van der Waals surface area contributed by atoms with Crippen LogP contribution >= 0.6 is 0 Å². The Kier molecular flexibility index (Phi) is 7.12. The van der Waals surface area contributed by atoms with E-state index in [1.54, 1.807) is 22.3 Å². The lowest BCUT2D eigenvalue weighted by atomic mass is 9.35. The van der Waals surface area contributed by atoms with Crippen molar-refractivity contribution in [1.82, 2.24) is 10.2 Å². The number of nitrogens with zero attached hydrogens (tertiary/aromatic N) is 1. The molecule has 2 aromatic rings. The zero-order chi connectivity index (χ0) is 43.4. The van der Waals surface area contributed by atoms with Crippen molar-refractivity contribution < 1.29 is 19.7 Å². The van der Waals surface area contributed by atoms with Crippen molar-refractivity contribution in [3.63, 3.8) is 0 Å². The van der Waals surface area contributed by atoms with Gasteiger partial charge >= 0.3 is 0 Å². The predicted octanol–water partition coefficient (Wildman–Crippen LogP) is 10.3. The second-order valence-electron chi connectivity index (χ2n) is 28.1. The molecule has 8 bridgehead atoms. The molecule has 3 N–H and O–H groups in total. The highest BCUT2D eigenvalue weighted by Gasteiger charge is 2.92. The van der Waals surface area contributed by atoms with Gasteiger partial charge < -0.3 is 25.0 Å². The molecule has 342 valence electrons. The van der Waals surface area contributed by atoms with Crippen LogP contribution in [0.2, 0.25) is 0 Å². The minimum atomic E-state index is -0.717. The normalized spacial score (nSPS) is 50.9. The molecule has 9 saturated carbocycles. The van der Waals surface area contributed by atoms with Crippen LogP contribution < -0.4 is 14.8 Å². The maximum Gasteiger partial charge on any atom is 0.126 e. The first-order chi connectivity index (χ1) is 28.9. The summed E-state index contributed by atoms with van der Waals surface area (Å²) in [6, 6.07) is 10.7. The number of hydrogen-bond acceptors (Lipinski definition) is 6. The summed E-state index contributed by atoms with van der Waals surface area (Å²) in [4.78, 5) is 2.98. The van der Waals surface area contributed by atoms with Crippen LogP contribution in [0, 0.1) is 64.1 Å². The van der Waals surface area contributed by atoms with Crippen molar-refractivity contribution in [2.75, 3.05) is 6.54 Å². The minimum Gasteiger partial charge on any atom is -0.488 e. The lowest BCUT2D eigenvalue weighted by Gasteiger charge is -2.70. The van der Waals surface area contributed by atoms with E-state index in [1.165, 1.54) is 93.4 Å². The van der Waals surface area contributed by atoms with E-state index in [-0.39, 0.29) is 74.8 Å². The van der Waals surface area contributed by atoms with Crippen LogP contribution in [-0.2, 0) is 23.7 Å². The monoisotopic (exact) mass is 857 g/mol. The van der Waals surface area contributed by atoms with Gasteiger partial charge in [-0.15, -0.1) is 0 Å². The molecule has 15 aliphatic rings.